The number of hydrogen-bond acceptors (Lipinski definition) is 2. The number of ketones is 1. The van der Waals surface area contributed by atoms with Gasteiger partial charge in [-0.25, -0.2) is 8.78 Å². The van der Waals surface area contributed by atoms with Crippen LogP contribution in [-0.2, 0) is 6.54 Å². The zero-order valence-corrected chi connectivity index (χ0v) is 13.9. The van der Waals surface area contributed by atoms with Crippen LogP contribution >= 0.6 is 11.6 Å². The summed E-state index contributed by atoms with van der Waals surface area (Å²) >= 11 is 6.28. The van der Waals surface area contributed by atoms with Crippen molar-refractivity contribution < 1.29 is 13.6 Å². The lowest BCUT2D eigenvalue weighted by Crippen LogP contribution is -2.06. The second-order valence-electron chi connectivity index (χ2n) is 5.69. The fraction of sp³-hybridized carbons (Fsp3) is 0.294. The highest BCUT2D eigenvalue weighted by Gasteiger charge is 2.13. The Morgan fingerprint density at radius 3 is 2.65 bits per heavy atom. The van der Waals surface area contributed by atoms with Crippen molar-refractivity contribution >= 4 is 23.5 Å². The molecule has 0 amide bonds. The van der Waals surface area contributed by atoms with Gasteiger partial charge in [-0.3, -0.25) is 9.48 Å². The highest BCUT2D eigenvalue weighted by molar-refractivity contribution is 6.31. The summed E-state index contributed by atoms with van der Waals surface area (Å²) in [6.07, 6.45) is 2.83. The molecule has 0 aliphatic carbocycles. The van der Waals surface area contributed by atoms with Gasteiger partial charge in [0, 0.05) is 17.7 Å². The zero-order valence-electron chi connectivity index (χ0n) is 13.1. The van der Waals surface area contributed by atoms with Crippen LogP contribution in [0.15, 0.2) is 24.3 Å². The quantitative estimate of drug-likeness (QED) is 0.586. The van der Waals surface area contributed by atoms with Crippen molar-refractivity contribution in [2.45, 2.75) is 27.3 Å². The smallest absolute Gasteiger partial charge is 0.185 e. The van der Waals surface area contributed by atoms with Crippen molar-refractivity contribution in [1.82, 2.24) is 9.78 Å². The molecule has 1 aromatic carbocycles. The summed E-state index contributed by atoms with van der Waals surface area (Å²) in [5.74, 6) is -2.09. The molecule has 0 aliphatic heterocycles. The lowest BCUT2D eigenvalue weighted by molar-refractivity contribution is 0.104. The molecule has 0 atom stereocenters. The Balaban J connectivity index is 2.24. The first kappa shape index (κ1) is 17.3. The van der Waals surface area contributed by atoms with Gasteiger partial charge in [0.2, 0.25) is 0 Å². The van der Waals surface area contributed by atoms with Crippen molar-refractivity contribution in [2.75, 3.05) is 0 Å². The van der Waals surface area contributed by atoms with Gasteiger partial charge in [-0.15, -0.1) is 0 Å². The Kier molecular flexibility index (Phi) is 5.31. The summed E-state index contributed by atoms with van der Waals surface area (Å²) in [6, 6.07) is 3.04. The van der Waals surface area contributed by atoms with E-state index in [1.807, 2.05) is 0 Å². The Morgan fingerprint density at radius 2 is 2.04 bits per heavy atom. The maximum absolute atomic E-state index is 13.2. The number of rotatable bonds is 5. The van der Waals surface area contributed by atoms with E-state index in [2.05, 4.69) is 18.9 Å². The van der Waals surface area contributed by atoms with Crippen molar-refractivity contribution in [3.05, 3.63) is 57.9 Å². The van der Waals surface area contributed by atoms with Gasteiger partial charge in [-0.05, 0) is 43.2 Å². The van der Waals surface area contributed by atoms with Gasteiger partial charge >= 0.3 is 0 Å². The fourth-order valence-electron chi connectivity index (χ4n) is 2.13. The standard InChI is InChI=1S/C17H17ClF2N2O/c1-10(2)9-22-17(18)13(11(3)21-22)5-7-16(23)12-4-6-14(19)15(20)8-12/h4-8,10H,9H2,1-3H3. The number of carbonyl (C=O) groups excluding carboxylic acids is 1. The number of halogens is 3. The van der Waals surface area contributed by atoms with E-state index in [-0.39, 0.29) is 5.56 Å². The molecule has 0 N–H and O–H groups in total. The van der Waals surface area contributed by atoms with E-state index in [1.54, 1.807) is 17.7 Å². The third-order valence-corrected chi connectivity index (χ3v) is 3.65. The molecular weight excluding hydrogens is 322 g/mol. The second kappa shape index (κ2) is 7.04. The summed E-state index contributed by atoms with van der Waals surface area (Å²) < 4.78 is 27.7. The molecule has 0 saturated carbocycles. The highest BCUT2D eigenvalue weighted by atomic mass is 35.5. The summed E-state index contributed by atoms with van der Waals surface area (Å²) in [4.78, 5) is 12.0. The van der Waals surface area contributed by atoms with Crippen molar-refractivity contribution in [3.63, 3.8) is 0 Å². The summed E-state index contributed by atoms with van der Waals surface area (Å²) in [7, 11) is 0. The molecule has 122 valence electrons. The predicted molar refractivity (Wildman–Crippen MR) is 86.5 cm³/mol. The average Bonchev–Trinajstić information content (AvgIpc) is 2.73. The number of carbonyl (C=O) groups is 1. The minimum atomic E-state index is -1.05. The molecule has 0 saturated heterocycles. The molecule has 1 heterocycles. The molecule has 0 bridgehead atoms. The third-order valence-electron chi connectivity index (χ3n) is 3.25. The fourth-order valence-corrected chi connectivity index (χ4v) is 2.43. The summed E-state index contributed by atoms with van der Waals surface area (Å²) in [6.45, 7) is 6.57. The van der Waals surface area contributed by atoms with E-state index in [4.69, 9.17) is 11.6 Å². The van der Waals surface area contributed by atoms with Gasteiger partial charge in [0.05, 0.1) is 5.69 Å². The van der Waals surface area contributed by atoms with Crippen LogP contribution in [0.1, 0.15) is 35.5 Å². The lowest BCUT2D eigenvalue weighted by atomic mass is 10.1. The van der Waals surface area contributed by atoms with E-state index in [0.717, 1.165) is 12.1 Å². The number of hydrogen-bond donors (Lipinski definition) is 0. The molecule has 2 aromatic rings. The Hall–Kier alpha value is -2.01. The Bertz CT molecular complexity index is 766. The van der Waals surface area contributed by atoms with Gasteiger partial charge in [-0.1, -0.05) is 25.4 Å². The Labute approximate surface area is 138 Å². The van der Waals surface area contributed by atoms with E-state index < -0.39 is 17.4 Å². The van der Waals surface area contributed by atoms with Gasteiger partial charge < -0.3 is 0 Å². The topological polar surface area (TPSA) is 34.9 Å². The molecule has 0 fully saturated rings. The van der Waals surface area contributed by atoms with Crippen molar-refractivity contribution in [1.29, 1.82) is 0 Å². The number of allylic oxidation sites excluding steroid dienone is 1. The molecule has 1 aromatic heterocycles. The molecule has 2 rings (SSSR count). The maximum atomic E-state index is 13.2. The van der Waals surface area contributed by atoms with Gasteiger partial charge in [0.25, 0.3) is 0 Å². The van der Waals surface area contributed by atoms with Crippen molar-refractivity contribution in [2.24, 2.45) is 5.92 Å². The van der Waals surface area contributed by atoms with Crippen LogP contribution in [-0.4, -0.2) is 15.6 Å². The minimum Gasteiger partial charge on any atom is -0.289 e. The van der Waals surface area contributed by atoms with E-state index >= 15 is 0 Å². The first-order valence-electron chi connectivity index (χ1n) is 7.20. The van der Waals surface area contributed by atoms with Crippen LogP contribution in [0.3, 0.4) is 0 Å². The maximum Gasteiger partial charge on any atom is 0.185 e. The van der Waals surface area contributed by atoms with Crippen LogP contribution in [0, 0.1) is 24.5 Å². The number of nitrogens with zero attached hydrogens (tertiary/aromatic N) is 2. The van der Waals surface area contributed by atoms with Crippen LogP contribution < -0.4 is 0 Å². The molecule has 0 aliphatic rings. The van der Waals surface area contributed by atoms with E-state index in [1.165, 1.54) is 12.1 Å². The highest BCUT2D eigenvalue weighted by Crippen LogP contribution is 2.22. The summed E-state index contributed by atoms with van der Waals surface area (Å²) in [5.41, 5.74) is 1.41. The van der Waals surface area contributed by atoms with Crippen LogP contribution in [0.2, 0.25) is 5.15 Å². The number of aromatic nitrogens is 2. The minimum absolute atomic E-state index is 0.0727. The van der Waals surface area contributed by atoms with Gasteiger partial charge in [0.1, 0.15) is 5.15 Å². The van der Waals surface area contributed by atoms with Gasteiger partial charge in [0.15, 0.2) is 17.4 Å². The largest absolute Gasteiger partial charge is 0.289 e. The first-order valence-corrected chi connectivity index (χ1v) is 7.57. The predicted octanol–water partition coefficient (Wildman–Crippen LogP) is 4.68. The molecule has 23 heavy (non-hydrogen) atoms. The number of aryl methyl sites for hydroxylation is 1. The molecule has 0 spiro atoms. The molecule has 6 heteroatoms. The molecule has 0 radical (unpaired) electrons. The Morgan fingerprint density at radius 1 is 1.35 bits per heavy atom. The lowest BCUT2D eigenvalue weighted by Gasteiger charge is -2.05. The monoisotopic (exact) mass is 338 g/mol. The second-order valence-corrected chi connectivity index (χ2v) is 6.05. The van der Waals surface area contributed by atoms with Crippen LogP contribution in [0.25, 0.3) is 6.08 Å². The molecule has 3 nitrogen and oxygen atoms in total. The summed E-state index contributed by atoms with van der Waals surface area (Å²) in [5, 5.41) is 4.79. The SMILES string of the molecule is Cc1nn(CC(C)C)c(Cl)c1C=CC(=O)c1ccc(F)c(F)c1. The zero-order chi connectivity index (χ0) is 17.1. The molecular formula is C17H17ClF2N2O. The van der Waals surface area contributed by atoms with E-state index in [9.17, 15) is 13.6 Å². The van der Waals surface area contributed by atoms with Crippen LogP contribution in [0.5, 0.6) is 0 Å². The van der Waals surface area contributed by atoms with Gasteiger partial charge in [-0.2, -0.15) is 5.10 Å². The van der Waals surface area contributed by atoms with Crippen molar-refractivity contribution in [3.8, 4) is 0 Å². The normalized spacial score (nSPS) is 11.6. The molecule has 0 unspecified atom stereocenters. The number of benzene rings is 1. The van der Waals surface area contributed by atoms with E-state index in [0.29, 0.717) is 28.9 Å². The third kappa shape index (κ3) is 4.05. The van der Waals surface area contributed by atoms with Crippen LogP contribution in [0.4, 0.5) is 8.78 Å². The average molecular weight is 339 g/mol. The first-order chi connectivity index (χ1) is 10.8.